The molecule has 0 heterocycles. The van der Waals surface area contributed by atoms with Crippen molar-refractivity contribution >= 4 is 11.9 Å². The van der Waals surface area contributed by atoms with Gasteiger partial charge >= 0.3 is 5.97 Å². The lowest BCUT2D eigenvalue weighted by atomic mass is 9.85. The Balaban J connectivity index is 4.23. The quantitative estimate of drug-likeness (QED) is 0.617. The third kappa shape index (κ3) is 6.59. The smallest absolute Gasteiger partial charge is 0.303 e. The first-order chi connectivity index (χ1) is 8.14. The monoisotopic (exact) mass is 259 g/mol. The number of carboxylic acids is 1. The molecule has 0 bridgehead atoms. The van der Waals surface area contributed by atoms with Crippen LogP contribution in [-0.4, -0.2) is 34.2 Å². The number of carbonyl (C=O) groups is 2. The normalized spacial score (nSPS) is 12.3. The van der Waals surface area contributed by atoms with Crippen LogP contribution in [0.5, 0.6) is 0 Å². The third-order valence-corrected chi connectivity index (χ3v) is 3.20. The summed E-state index contributed by atoms with van der Waals surface area (Å²) in [7, 11) is 0. The first kappa shape index (κ1) is 16.9. The standard InChI is InChI=1S/C13H25NO4/c1-5-13(18,6-2)9-14-10(15)7-12(3,4)8-11(16)17/h18H,5-9H2,1-4H3,(H,14,15)(H,16,17). The summed E-state index contributed by atoms with van der Waals surface area (Å²) in [5, 5.41) is 21.4. The summed E-state index contributed by atoms with van der Waals surface area (Å²) in [5.74, 6) is -1.13. The molecule has 0 aliphatic heterocycles. The van der Waals surface area contributed by atoms with Crippen molar-refractivity contribution in [3.05, 3.63) is 0 Å². The number of rotatable bonds is 8. The molecule has 0 radical (unpaired) electrons. The lowest BCUT2D eigenvalue weighted by Crippen LogP contribution is -2.43. The Morgan fingerprint density at radius 1 is 1.11 bits per heavy atom. The maximum Gasteiger partial charge on any atom is 0.303 e. The number of amides is 1. The van der Waals surface area contributed by atoms with Crippen molar-refractivity contribution in [2.45, 2.75) is 59.0 Å². The van der Waals surface area contributed by atoms with Crippen LogP contribution in [0.3, 0.4) is 0 Å². The van der Waals surface area contributed by atoms with E-state index in [0.717, 1.165) is 0 Å². The Morgan fingerprint density at radius 2 is 1.61 bits per heavy atom. The van der Waals surface area contributed by atoms with Gasteiger partial charge in [-0.05, 0) is 18.3 Å². The molecule has 1 amide bonds. The van der Waals surface area contributed by atoms with E-state index < -0.39 is 17.0 Å². The lowest BCUT2D eigenvalue weighted by Gasteiger charge is -2.27. The van der Waals surface area contributed by atoms with Gasteiger partial charge in [-0.25, -0.2) is 0 Å². The number of hydrogen-bond donors (Lipinski definition) is 3. The van der Waals surface area contributed by atoms with Gasteiger partial charge in [0.1, 0.15) is 0 Å². The fourth-order valence-electron chi connectivity index (χ4n) is 1.73. The van der Waals surface area contributed by atoms with Crippen LogP contribution in [0.15, 0.2) is 0 Å². The summed E-state index contributed by atoms with van der Waals surface area (Å²) in [5.41, 5.74) is -1.45. The van der Waals surface area contributed by atoms with Crippen molar-refractivity contribution in [2.24, 2.45) is 5.41 Å². The zero-order valence-electron chi connectivity index (χ0n) is 11.7. The van der Waals surface area contributed by atoms with Crippen LogP contribution >= 0.6 is 0 Å². The molecule has 5 nitrogen and oxygen atoms in total. The minimum absolute atomic E-state index is 0.0494. The zero-order chi connectivity index (χ0) is 14.4. The molecule has 0 aliphatic rings. The van der Waals surface area contributed by atoms with Gasteiger partial charge in [0.15, 0.2) is 0 Å². The van der Waals surface area contributed by atoms with E-state index >= 15 is 0 Å². The molecule has 18 heavy (non-hydrogen) atoms. The van der Waals surface area contributed by atoms with Crippen LogP contribution in [0.4, 0.5) is 0 Å². The lowest BCUT2D eigenvalue weighted by molar-refractivity contribution is -0.139. The van der Waals surface area contributed by atoms with Gasteiger partial charge in [-0.1, -0.05) is 27.7 Å². The van der Waals surface area contributed by atoms with Crippen molar-refractivity contribution in [1.29, 1.82) is 0 Å². The highest BCUT2D eigenvalue weighted by Gasteiger charge is 2.27. The molecule has 5 heteroatoms. The summed E-state index contributed by atoms with van der Waals surface area (Å²) < 4.78 is 0. The van der Waals surface area contributed by atoms with E-state index in [2.05, 4.69) is 5.32 Å². The van der Waals surface area contributed by atoms with E-state index in [1.807, 2.05) is 13.8 Å². The molecule has 0 rings (SSSR count). The number of aliphatic carboxylic acids is 1. The molecule has 0 unspecified atom stereocenters. The highest BCUT2D eigenvalue weighted by atomic mass is 16.4. The van der Waals surface area contributed by atoms with Gasteiger partial charge in [0, 0.05) is 13.0 Å². The van der Waals surface area contributed by atoms with Gasteiger partial charge in [-0.3, -0.25) is 9.59 Å². The molecule has 0 saturated carbocycles. The van der Waals surface area contributed by atoms with E-state index in [4.69, 9.17) is 5.11 Å². The minimum atomic E-state index is -0.911. The van der Waals surface area contributed by atoms with Crippen LogP contribution in [0.1, 0.15) is 53.4 Å². The van der Waals surface area contributed by atoms with Crippen LogP contribution < -0.4 is 5.32 Å². The second-order valence-electron chi connectivity index (χ2n) is 5.62. The molecule has 0 aromatic carbocycles. The minimum Gasteiger partial charge on any atom is -0.481 e. The van der Waals surface area contributed by atoms with Gasteiger partial charge in [0.2, 0.25) is 5.91 Å². The van der Waals surface area contributed by atoms with Crippen molar-refractivity contribution in [1.82, 2.24) is 5.32 Å². The highest BCUT2D eigenvalue weighted by molar-refractivity contribution is 5.78. The summed E-state index contributed by atoms with van der Waals surface area (Å²) in [4.78, 5) is 22.3. The maximum atomic E-state index is 11.7. The molecule has 0 fully saturated rings. The predicted molar refractivity (Wildman–Crippen MR) is 69.2 cm³/mol. The number of carboxylic acid groups (broad SMARTS) is 1. The number of nitrogens with one attached hydrogen (secondary N) is 1. The number of carbonyl (C=O) groups excluding carboxylic acids is 1. The van der Waals surface area contributed by atoms with Crippen LogP contribution in [-0.2, 0) is 9.59 Å². The van der Waals surface area contributed by atoms with E-state index in [0.29, 0.717) is 12.8 Å². The average Bonchev–Trinajstić information content (AvgIpc) is 2.23. The number of aliphatic hydroxyl groups is 1. The molecule has 0 aromatic heterocycles. The predicted octanol–water partition coefficient (Wildman–Crippen LogP) is 1.54. The molecule has 0 saturated heterocycles. The highest BCUT2D eigenvalue weighted by Crippen LogP contribution is 2.24. The maximum absolute atomic E-state index is 11.7. The molecule has 0 spiro atoms. The second kappa shape index (κ2) is 6.73. The fourth-order valence-corrected chi connectivity index (χ4v) is 1.73. The average molecular weight is 259 g/mol. The zero-order valence-corrected chi connectivity index (χ0v) is 11.7. The molecular formula is C13H25NO4. The van der Waals surface area contributed by atoms with Gasteiger partial charge in [0.05, 0.1) is 12.0 Å². The Hall–Kier alpha value is -1.10. The topological polar surface area (TPSA) is 86.6 Å². The van der Waals surface area contributed by atoms with Gasteiger partial charge in [-0.15, -0.1) is 0 Å². The van der Waals surface area contributed by atoms with Gasteiger partial charge < -0.3 is 15.5 Å². The molecule has 3 N–H and O–H groups in total. The first-order valence-electron chi connectivity index (χ1n) is 6.35. The molecule has 106 valence electrons. The van der Waals surface area contributed by atoms with Crippen molar-refractivity contribution in [3.8, 4) is 0 Å². The van der Waals surface area contributed by atoms with Crippen LogP contribution in [0, 0.1) is 5.41 Å². The van der Waals surface area contributed by atoms with E-state index in [1.165, 1.54) is 0 Å². The summed E-state index contributed by atoms with van der Waals surface area (Å²) in [6.45, 7) is 7.43. The Kier molecular flexibility index (Phi) is 6.32. The molecule has 0 aromatic rings. The van der Waals surface area contributed by atoms with Gasteiger partial charge in [-0.2, -0.15) is 0 Å². The van der Waals surface area contributed by atoms with Crippen molar-refractivity contribution in [3.63, 3.8) is 0 Å². The Labute approximate surface area is 109 Å². The number of hydrogen-bond acceptors (Lipinski definition) is 3. The summed E-state index contributed by atoms with van der Waals surface area (Å²) in [6.07, 6.45) is 1.24. The summed E-state index contributed by atoms with van der Waals surface area (Å²) >= 11 is 0. The van der Waals surface area contributed by atoms with E-state index in [9.17, 15) is 14.7 Å². The van der Waals surface area contributed by atoms with Crippen LogP contribution in [0.25, 0.3) is 0 Å². The SMILES string of the molecule is CCC(O)(CC)CNC(=O)CC(C)(C)CC(=O)O. The second-order valence-corrected chi connectivity index (χ2v) is 5.62. The first-order valence-corrected chi connectivity index (χ1v) is 6.35. The van der Waals surface area contributed by atoms with E-state index in [-0.39, 0.29) is 25.3 Å². The van der Waals surface area contributed by atoms with Gasteiger partial charge in [0.25, 0.3) is 0 Å². The molecular weight excluding hydrogens is 234 g/mol. The van der Waals surface area contributed by atoms with Crippen LogP contribution in [0.2, 0.25) is 0 Å². The molecule has 0 aliphatic carbocycles. The summed E-state index contributed by atoms with van der Waals surface area (Å²) in [6, 6.07) is 0. The van der Waals surface area contributed by atoms with Crippen molar-refractivity contribution in [2.75, 3.05) is 6.54 Å². The largest absolute Gasteiger partial charge is 0.481 e. The van der Waals surface area contributed by atoms with Crippen molar-refractivity contribution < 1.29 is 19.8 Å². The Morgan fingerprint density at radius 3 is 2.00 bits per heavy atom. The van der Waals surface area contributed by atoms with E-state index in [1.54, 1.807) is 13.8 Å². The molecule has 0 atom stereocenters. The third-order valence-electron chi connectivity index (χ3n) is 3.20. The fraction of sp³-hybridized carbons (Fsp3) is 0.846. The Bertz CT molecular complexity index is 295.